The topological polar surface area (TPSA) is 61.7 Å². The number of fused-ring (bicyclic) bond motifs is 1. The molecule has 2 N–H and O–H groups in total. The standard InChI is InChI=1S/C13H13F2N5/c1-6-4-9(15)10(5-8(6)14)20-12-11(17-13(20)16)7(2)18-19(12)3/h4-5H,1-3H3,(H2,16,17). The Morgan fingerprint density at radius 3 is 2.55 bits per heavy atom. The predicted octanol–water partition coefficient (Wildman–Crippen LogP) is 2.24. The molecule has 2 aromatic heterocycles. The van der Waals surface area contributed by atoms with Gasteiger partial charge in [0.05, 0.1) is 11.4 Å². The summed E-state index contributed by atoms with van der Waals surface area (Å²) in [6, 6.07) is 2.25. The van der Waals surface area contributed by atoms with Gasteiger partial charge in [0.25, 0.3) is 0 Å². The Hall–Kier alpha value is -2.44. The van der Waals surface area contributed by atoms with Crippen LogP contribution in [0.1, 0.15) is 11.3 Å². The molecule has 0 unspecified atom stereocenters. The zero-order valence-electron chi connectivity index (χ0n) is 11.3. The molecule has 0 aliphatic rings. The van der Waals surface area contributed by atoms with Crippen molar-refractivity contribution in [1.29, 1.82) is 0 Å². The van der Waals surface area contributed by atoms with Crippen molar-refractivity contribution < 1.29 is 8.78 Å². The van der Waals surface area contributed by atoms with Crippen LogP contribution in [0.2, 0.25) is 0 Å². The third-order valence-corrected chi connectivity index (χ3v) is 3.30. The molecule has 0 saturated carbocycles. The summed E-state index contributed by atoms with van der Waals surface area (Å²) in [7, 11) is 1.70. The second-order valence-electron chi connectivity index (χ2n) is 4.74. The van der Waals surface area contributed by atoms with Gasteiger partial charge in [-0.1, -0.05) is 0 Å². The van der Waals surface area contributed by atoms with Gasteiger partial charge in [-0.2, -0.15) is 5.10 Å². The Bertz CT molecular complexity index is 831. The lowest BCUT2D eigenvalue weighted by molar-refractivity contribution is 0.586. The maximum absolute atomic E-state index is 14.1. The minimum absolute atomic E-state index is 0.0242. The number of aromatic nitrogens is 4. The average Bonchev–Trinajstić information content (AvgIpc) is 2.83. The van der Waals surface area contributed by atoms with Crippen LogP contribution < -0.4 is 5.73 Å². The van der Waals surface area contributed by atoms with E-state index in [4.69, 9.17) is 5.73 Å². The molecule has 104 valence electrons. The van der Waals surface area contributed by atoms with Gasteiger partial charge < -0.3 is 5.73 Å². The van der Waals surface area contributed by atoms with E-state index >= 15 is 0 Å². The van der Waals surface area contributed by atoms with Crippen LogP contribution in [0.15, 0.2) is 12.1 Å². The van der Waals surface area contributed by atoms with E-state index in [0.29, 0.717) is 16.9 Å². The van der Waals surface area contributed by atoms with Crippen LogP contribution in [0.4, 0.5) is 14.7 Å². The quantitative estimate of drug-likeness (QED) is 0.742. The summed E-state index contributed by atoms with van der Waals surface area (Å²) in [5, 5.41) is 4.21. The highest BCUT2D eigenvalue weighted by molar-refractivity contribution is 5.80. The average molecular weight is 277 g/mol. The van der Waals surface area contributed by atoms with Gasteiger partial charge in [0.2, 0.25) is 5.95 Å². The smallest absolute Gasteiger partial charge is 0.207 e. The number of anilines is 1. The monoisotopic (exact) mass is 277 g/mol. The summed E-state index contributed by atoms with van der Waals surface area (Å²) < 4.78 is 30.8. The van der Waals surface area contributed by atoms with E-state index in [2.05, 4.69) is 10.1 Å². The van der Waals surface area contributed by atoms with Crippen LogP contribution >= 0.6 is 0 Å². The van der Waals surface area contributed by atoms with Gasteiger partial charge in [0.15, 0.2) is 5.65 Å². The number of hydrogen-bond acceptors (Lipinski definition) is 3. The fourth-order valence-electron chi connectivity index (χ4n) is 2.33. The highest BCUT2D eigenvalue weighted by Gasteiger charge is 2.20. The summed E-state index contributed by atoms with van der Waals surface area (Å²) in [6.45, 7) is 3.29. The third kappa shape index (κ3) is 1.59. The molecule has 20 heavy (non-hydrogen) atoms. The number of nitrogens with two attached hydrogens (primary N) is 1. The first kappa shape index (κ1) is 12.6. The lowest BCUT2D eigenvalue weighted by atomic mass is 10.2. The Kier molecular flexibility index (Phi) is 2.53. The molecule has 0 aliphatic carbocycles. The van der Waals surface area contributed by atoms with E-state index in [1.807, 2.05) is 0 Å². The number of hydrogen-bond donors (Lipinski definition) is 1. The fourth-order valence-corrected chi connectivity index (χ4v) is 2.33. The molecule has 3 aromatic rings. The first-order chi connectivity index (χ1) is 9.40. The SMILES string of the molecule is Cc1cc(F)c(-n2c(N)nc3c(C)nn(C)c32)cc1F. The number of nitrogen functional groups attached to an aromatic ring is 1. The first-order valence-corrected chi connectivity index (χ1v) is 6.03. The van der Waals surface area contributed by atoms with Crippen LogP contribution in [-0.2, 0) is 7.05 Å². The molecule has 1 aromatic carbocycles. The Morgan fingerprint density at radius 2 is 1.85 bits per heavy atom. The first-order valence-electron chi connectivity index (χ1n) is 6.03. The fraction of sp³-hybridized carbons (Fsp3) is 0.231. The van der Waals surface area contributed by atoms with E-state index in [1.54, 1.807) is 18.7 Å². The summed E-state index contributed by atoms with van der Waals surface area (Å²) in [6.07, 6.45) is 0. The van der Waals surface area contributed by atoms with Gasteiger partial charge in [-0.3, -0.25) is 4.57 Å². The number of imidazole rings is 1. The van der Waals surface area contributed by atoms with Crippen molar-refractivity contribution in [2.45, 2.75) is 13.8 Å². The number of benzene rings is 1. The van der Waals surface area contributed by atoms with Crippen LogP contribution in [0.5, 0.6) is 0 Å². The normalized spacial score (nSPS) is 11.4. The van der Waals surface area contributed by atoms with Gasteiger partial charge >= 0.3 is 0 Å². The molecule has 5 nitrogen and oxygen atoms in total. The lowest BCUT2D eigenvalue weighted by Gasteiger charge is -2.09. The van der Waals surface area contributed by atoms with E-state index in [-0.39, 0.29) is 17.2 Å². The van der Waals surface area contributed by atoms with E-state index < -0.39 is 11.6 Å². The summed E-state index contributed by atoms with van der Waals surface area (Å²) in [4.78, 5) is 4.17. The van der Waals surface area contributed by atoms with Crippen molar-refractivity contribution in [2.24, 2.45) is 7.05 Å². The molecule has 0 atom stereocenters. The molecule has 0 radical (unpaired) electrons. The van der Waals surface area contributed by atoms with Crippen LogP contribution in [-0.4, -0.2) is 19.3 Å². The molecule has 0 amide bonds. The maximum Gasteiger partial charge on any atom is 0.207 e. The molecular formula is C13H13F2N5. The lowest BCUT2D eigenvalue weighted by Crippen LogP contribution is -2.07. The molecule has 7 heteroatoms. The number of nitrogens with zero attached hydrogens (tertiary/aromatic N) is 4. The van der Waals surface area contributed by atoms with Crippen LogP contribution in [0, 0.1) is 25.5 Å². The van der Waals surface area contributed by atoms with Crippen LogP contribution in [0.25, 0.3) is 16.9 Å². The predicted molar refractivity (Wildman–Crippen MR) is 71.6 cm³/mol. The van der Waals surface area contributed by atoms with Crippen LogP contribution in [0.3, 0.4) is 0 Å². The highest BCUT2D eigenvalue weighted by Crippen LogP contribution is 2.27. The number of rotatable bonds is 1. The molecular weight excluding hydrogens is 264 g/mol. The molecule has 0 aliphatic heterocycles. The third-order valence-electron chi connectivity index (χ3n) is 3.30. The van der Waals surface area contributed by atoms with Gasteiger partial charge in [-0.05, 0) is 25.5 Å². The molecule has 2 heterocycles. The molecule has 3 rings (SSSR count). The second kappa shape index (κ2) is 4.03. The van der Waals surface area contributed by atoms with Crippen molar-refractivity contribution in [1.82, 2.24) is 19.3 Å². The van der Waals surface area contributed by atoms with Gasteiger partial charge in [-0.15, -0.1) is 0 Å². The van der Waals surface area contributed by atoms with Crippen molar-refractivity contribution >= 4 is 17.1 Å². The number of aryl methyl sites for hydroxylation is 3. The molecule has 0 saturated heterocycles. The van der Waals surface area contributed by atoms with Gasteiger partial charge in [-0.25, -0.2) is 18.4 Å². The molecule has 0 fully saturated rings. The Morgan fingerprint density at radius 1 is 1.15 bits per heavy atom. The van der Waals surface area contributed by atoms with Crippen molar-refractivity contribution in [2.75, 3.05) is 5.73 Å². The summed E-state index contributed by atoms with van der Waals surface area (Å²) >= 11 is 0. The summed E-state index contributed by atoms with van der Waals surface area (Å²) in [5.41, 5.74) is 7.89. The minimum Gasteiger partial charge on any atom is -0.369 e. The van der Waals surface area contributed by atoms with E-state index in [0.717, 1.165) is 12.1 Å². The Balaban J connectivity index is 2.40. The summed E-state index contributed by atoms with van der Waals surface area (Å²) in [5.74, 6) is -0.964. The van der Waals surface area contributed by atoms with E-state index in [9.17, 15) is 8.78 Å². The zero-order chi connectivity index (χ0) is 14.6. The minimum atomic E-state index is -0.561. The van der Waals surface area contributed by atoms with E-state index in [1.165, 1.54) is 11.5 Å². The second-order valence-corrected chi connectivity index (χ2v) is 4.74. The number of halogens is 2. The Labute approximate surface area is 113 Å². The van der Waals surface area contributed by atoms with Crippen molar-refractivity contribution in [3.8, 4) is 5.69 Å². The van der Waals surface area contributed by atoms with Crippen molar-refractivity contribution in [3.05, 3.63) is 35.0 Å². The van der Waals surface area contributed by atoms with Crippen molar-refractivity contribution in [3.63, 3.8) is 0 Å². The maximum atomic E-state index is 14.1. The van der Waals surface area contributed by atoms with Gasteiger partial charge in [0, 0.05) is 13.1 Å². The molecule has 0 bridgehead atoms. The molecule has 0 spiro atoms. The van der Waals surface area contributed by atoms with Gasteiger partial charge in [0.1, 0.15) is 17.2 Å². The highest BCUT2D eigenvalue weighted by atomic mass is 19.1. The largest absolute Gasteiger partial charge is 0.369 e. The zero-order valence-corrected chi connectivity index (χ0v) is 11.3.